The minimum atomic E-state index is -0.581. The van der Waals surface area contributed by atoms with Gasteiger partial charge in [0, 0.05) is 5.25 Å². The molecule has 0 spiro atoms. The molecule has 0 radical (unpaired) electrons. The van der Waals surface area contributed by atoms with E-state index >= 15 is 0 Å². The second-order valence-electron chi connectivity index (χ2n) is 2.70. The van der Waals surface area contributed by atoms with Crippen molar-refractivity contribution in [2.45, 2.75) is 17.2 Å². The summed E-state index contributed by atoms with van der Waals surface area (Å²) in [5.41, 5.74) is -0.204. The fraction of sp³-hybridized carbons (Fsp3) is 0.429. The topological polar surface area (TPSA) is 89.2 Å². The average Bonchev–Trinajstić information content (AvgIpc) is 2.17. The van der Waals surface area contributed by atoms with E-state index in [9.17, 15) is 10.1 Å². The van der Waals surface area contributed by atoms with Gasteiger partial charge in [-0.05, 0) is 11.6 Å². The third kappa shape index (κ3) is 3.29. The Hall–Kier alpha value is -0.920. The molecule has 8 heteroatoms. The number of aliphatic hydroxyl groups is 1. The van der Waals surface area contributed by atoms with Crippen molar-refractivity contribution in [3.8, 4) is 0 Å². The minimum Gasteiger partial charge on any atom is -0.395 e. The van der Waals surface area contributed by atoms with Gasteiger partial charge in [0.15, 0.2) is 5.03 Å². The van der Waals surface area contributed by atoms with E-state index in [1.807, 2.05) is 0 Å². The Kier molecular flexibility index (Phi) is 4.25. The minimum absolute atomic E-state index is 0.0479. The van der Waals surface area contributed by atoms with Crippen LogP contribution in [0.1, 0.15) is 6.92 Å². The van der Waals surface area contributed by atoms with Crippen LogP contribution in [0.5, 0.6) is 0 Å². The molecule has 0 aliphatic rings. The number of aliphatic hydroxyl groups excluding tert-OH is 1. The number of rotatable bonds is 4. The van der Waals surface area contributed by atoms with Crippen molar-refractivity contribution in [2.75, 3.05) is 6.61 Å². The first kappa shape index (κ1) is 12.2. The van der Waals surface area contributed by atoms with Gasteiger partial charge in [0.1, 0.15) is 6.20 Å². The Balaban J connectivity index is 3.02. The fourth-order valence-electron chi connectivity index (χ4n) is 0.779. The summed E-state index contributed by atoms with van der Waals surface area (Å²) < 4.78 is 0. The van der Waals surface area contributed by atoms with E-state index in [0.717, 1.165) is 18.0 Å². The third-order valence-electron chi connectivity index (χ3n) is 1.47. The van der Waals surface area contributed by atoms with Crippen molar-refractivity contribution >= 4 is 29.1 Å². The van der Waals surface area contributed by atoms with Gasteiger partial charge in [0.2, 0.25) is 5.28 Å². The molecule has 82 valence electrons. The lowest BCUT2D eigenvalue weighted by Crippen LogP contribution is -2.04. The Labute approximate surface area is 94.8 Å². The van der Waals surface area contributed by atoms with Crippen molar-refractivity contribution in [3.63, 3.8) is 0 Å². The maximum Gasteiger partial charge on any atom is 0.319 e. The summed E-state index contributed by atoms with van der Waals surface area (Å²) >= 11 is 6.61. The Morgan fingerprint density at radius 2 is 2.47 bits per heavy atom. The molecule has 0 fully saturated rings. The summed E-state index contributed by atoms with van der Waals surface area (Å²) in [4.78, 5) is 17.3. The molecule has 1 N–H and O–H groups in total. The SMILES string of the molecule is CC(CO)Sc1nc(Cl)ncc1[N+](=O)[O-]. The lowest BCUT2D eigenvalue weighted by Gasteiger charge is -2.06. The Bertz CT molecular complexity index is 376. The summed E-state index contributed by atoms with van der Waals surface area (Å²) in [7, 11) is 0. The van der Waals surface area contributed by atoms with Gasteiger partial charge in [-0.2, -0.15) is 0 Å². The van der Waals surface area contributed by atoms with Crippen LogP contribution in [0.4, 0.5) is 5.69 Å². The number of halogens is 1. The largest absolute Gasteiger partial charge is 0.395 e. The molecule has 15 heavy (non-hydrogen) atoms. The van der Waals surface area contributed by atoms with E-state index in [1.54, 1.807) is 6.92 Å². The van der Waals surface area contributed by atoms with Crippen molar-refractivity contribution in [1.29, 1.82) is 0 Å². The van der Waals surface area contributed by atoms with E-state index in [1.165, 1.54) is 0 Å². The maximum atomic E-state index is 10.6. The molecule has 0 aliphatic heterocycles. The number of nitro groups is 1. The predicted octanol–water partition coefficient (Wildman–Crippen LogP) is 1.51. The van der Waals surface area contributed by atoms with E-state index in [4.69, 9.17) is 16.7 Å². The van der Waals surface area contributed by atoms with Gasteiger partial charge >= 0.3 is 5.69 Å². The van der Waals surface area contributed by atoms with Gasteiger partial charge in [-0.15, -0.1) is 0 Å². The highest BCUT2D eigenvalue weighted by molar-refractivity contribution is 8.00. The zero-order valence-corrected chi connectivity index (χ0v) is 9.33. The van der Waals surface area contributed by atoms with E-state index in [-0.39, 0.29) is 27.9 Å². The maximum absolute atomic E-state index is 10.6. The summed E-state index contributed by atoms with van der Waals surface area (Å²) in [6.45, 7) is 1.63. The van der Waals surface area contributed by atoms with Crippen LogP contribution in [0.15, 0.2) is 11.2 Å². The molecular weight excluding hydrogens is 242 g/mol. The number of aromatic nitrogens is 2. The highest BCUT2D eigenvalue weighted by Gasteiger charge is 2.19. The molecule has 1 aromatic heterocycles. The highest BCUT2D eigenvalue weighted by atomic mass is 35.5. The van der Waals surface area contributed by atoms with Crippen molar-refractivity contribution in [3.05, 3.63) is 21.6 Å². The Morgan fingerprint density at radius 3 is 3.00 bits per heavy atom. The molecule has 1 aromatic rings. The smallest absolute Gasteiger partial charge is 0.319 e. The van der Waals surface area contributed by atoms with Crippen LogP contribution in [0, 0.1) is 10.1 Å². The fourth-order valence-corrected chi connectivity index (χ4v) is 1.81. The zero-order chi connectivity index (χ0) is 11.4. The quantitative estimate of drug-likeness (QED) is 0.286. The van der Waals surface area contributed by atoms with Crippen LogP contribution in [0.25, 0.3) is 0 Å². The first-order valence-electron chi connectivity index (χ1n) is 3.99. The number of thioether (sulfide) groups is 1. The second kappa shape index (κ2) is 5.24. The van der Waals surface area contributed by atoms with Crippen LogP contribution in [0.2, 0.25) is 5.28 Å². The van der Waals surface area contributed by atoms with Crippen molar-refractivity contribution < 1.29 is 10.0 Å². The lowest BCUT2D eigenvalue weighted by atomic mass is 10.5. The van der Waals surface area contributed by atoms with Gasteiger partial charge < -0.3 is 5.11 Å². The summed E-state index contributed by atoms with van der Waals surface area (Å²) in [6.07, 6.45) is 1.06. The third-order valence-corrected chi connectivity index (χ3v) is 2.73. The molecule has 1 atom stereocenters. The molecule has 0 bridgehead atoms. The van der Waals surface area contributed by atoms with Gasteiger partial charge in [0.25, 0.3) is 0 Å². The molecule has 0 saturated heterocycles. The van der Waals surface area contributed by atoms with Gasteiger partial charge in [-0.3, -0.25) is 10.1 Å². The molecule has 0 aliphatic carbocycles. The molecule has 1 unspecified atom stereocenters. The van der Waals surface area contributed by atoms with Crippen molar-refractivity contribution in [1.82, 2.24) is 9.97 Å². The highest BCUT2D eigenvalue weighted by Crippen LogP contribution is 2.30. The first-order valence-corrected chi connectivity index (χ1v) is 5.24. The van der Waals surface area contributed by atoms with E-state index < -0.39 is 4.92 Å². The van der Waals surface area contributed by atoms with Crippen LogP contribution >= 0.6 is 23.4 Å². The van der Waals surface area contributed by atoms with Crippen LogP contribution in [-0.4, -0.2) is 31.9 Å². The normalized spacial score (nSPS) is 12.5. The number of nitrogens with zero attached hydrogens (tertiary/aromatic N) is 3. The second-order valence-corrected chi connectivity index (χ2v) is 4.46. The van der Waals surface area contributed by atoms with E-state index in [0.29, 0.717) is 0 Å². The van der Waals surface area contributed by atoms with Gasteiger partial charge in [-0.25, -0.2) is 9.97 Å². The predicted molar refractivity (Wildman–Crippen MR) is 56.1 cm³/mol. The van der Waals surface area contributed by atoms with Gasteiger partial charge in [0.05, 0.1) is 11.5 Å². The zero-order valence-electron chi connectivity index (χ0n) is 7.75. The van der Waals surface area contributed by atoms with Crippen LogP contribution in [-0.2, 0) is 0 Å². The molecule has 0 aromatic carbocycles. The monoisotopic (exact) mass is 249 g/mol. The average molecular weight is 250 g/mol. The molecule has 1 rings (SSSR count). The summed E-state index contributed by atoms with van der Waals surface area (Å²) in [5, 5.41) is 19.4. The first-order chi connectivity index (χ1) is 7.04. The lowest BCUT2D eigenvalue weighted by molar-refractivity contribution is -0.388. The van der Waals surface area contributed by atoms with Gasteiger partial charge in [-0.1, -0.05) is 18.7 Å². The Morgan fingerprint density at radius 1 is 1.80 bits per heavy atom. The standard InChI is InChI=1S/C7H8ClN3O3S/c1-4(3-12)15-6-5(11(13)14)2-9-7(8)10-6/h2,4,12H,3H2,1H3. The molecule has 1 heterocycles. The van der Waals surface area contributed by atoms with Crippen molar-refractivity contribution in [2.24, 2.45) is 0 Å². The number of hydrogen-bond acceptors (Lipinski definition) is 6. The summed E-state index contributed by atoms with van der Waals surface area (Å²) in [6, 6.07) is 0. The van der Waals surface area contributed by atoms with Crippen LogP contribution in [0.3, 0.4) is 0 Å². The number of hydrogen-bond donors (Lipinski definition) is 1. The molecule has 0 saturated carbocycles. The summed E-state index contributed by atoms with van der Waals surface area (Å²) in [5.74, 6) is 0. The molecular formula is C7H8ClN3O3S. The van der Waals surface area contributed by atoms with Crippen LogP contribution < -0.4 is 0 Å². The molecule has 0 amide bonds. The van der Waals surface area contributed by atoms with E-state index in [2.05, 4.69) is 9.97 Å². The molecule has 6 nitrogen and oxygen atoms in total.